The minimum Gasteiger partial charge on any atom is -0.478 e. The van der Waals surface area contributed by atoms with E-state index in [0.29, 0.717) is 33.8 Å². The van der Waals surface area contributed by atoms with Crippen molar-refractivity contribution in [2.75, 3.05) is 16.9 Å². The van der Waals surface area contributed by atoms with Crippen LogP contribution in [-0.4, -0.2) is 49.5 Å². The average molecular weight is 489 g/mol. The molecule has 1 atom stereocenters. The molecule has 0 radical (unpaired) electrons. The van der Waals surface area contributed by atoms with Crippen molar-refractivity contribution in [2.24, 2.45) is 0 Å². The number of nitrogens with zero attached hydrogens (tertiary/aromatic N) is 3. The molecule has 33 heavy (non-hydrogen) atoms. The molecule has 2 aromatic carbocycles. The van der Waals surface area contributed by atoms with Crippen LogP contribution in [0.15, 0.2) is 61.2 Å². The number of amides is 2. The molecule has 7 nitrogen and oxygen atoms in total. The summed E-state index contributed by atoms with van der Waals surface area (Å²) in [4.78, 5) is 31.6. The fourth-order valence-corrected chi connectivity index (χ4v) is 4.75. The molecule has 4 rings (SSSR count). The summed E-state index contributed by atoms with van der Waals surface area (Å²) >= 11 is 7.38. The van der Waals surface area contributed by atoms with Crippen molar-refractivity contribution in [3.8, 4) is 11.4 Å². The van der Waals surface area contributed by atoms with Gasteiger partial charge in [0, 0.05) is 28.9 Å². The molecule has 0 saturated carbocycles. The van der Waals surface area contributed by atoms with Gasteiger partial charge in [-0.05, 0) is 56.3 Å². The maximum absolute atomic E-state index is 14.5. The highest BCUT2D eigenvalue weighted by molar-refractivity contribution is 7.99. The average Bonchev–Trinajstić information content (AvgIpc) is 3.47. The largest absolute Gasteiger partial charge is 0.478 e. The Morgan fingerprint density at radius 3 is 2.67 bits per heavy atom. The van der Waals surface area contributed by atoms with Crippen molar-refractivity contribution in [1.29, 1.82) is 0 Å². The molecule has 1 N–H and O–H groups in total. The molecule has 2 amide bonds. The molecule has 10 heteroatoms. The lowest BCUT2D eigenvalue weighted by Gasteiger charge is -2.32. The molecule has 0 unspecified atom stereocenters. The summed E-state index contributed by atoms with van der Waals surface area (Å²) in [7, 11) is 0. The number of imidazole rings is 1. The van der Waals surface area contributed by atoms with Crippen LogP contribution in [0.3, 0.4) is 0 Å². The molecule has 0 bridgehead atoms. The lowest BCUT2D eigenvalue weighted by molar-refractivity contribution is -0.148. The summed E-state index contributed by atoms with van der Waals surface area (Å²) in [5, 5.41) is 3.29. The molecule has 0 spiro atoms. The highest BCUT2D eigenvalue weighted by Gasteiger charge is 2.42. The molecular weight excluding hydrogens is 467 g/mol. The lowest BCUT2D eigenvalue weighted by Crippen LogP contribution is -2.53. The second-order valence-electron chi connectivity index (χ2n) is 7.98. The van der Waals surface area contributed by atoms with E-state index in [-0.39, 0.29) is 11.8 Å². The number of halogens is 2. The van der Waals surface area contributed by atoms with Crippen molar-refractivity contribution in [3.05, 3.63) is 72.0 Å². The lowest BCUT2D eigenvalue weighted by atomic mass is 10.1. The van der Waals surface area contributed by atoms with Gasteiger partial charge < -0.3 is 19.5 Å². The second kappa shape index (κ2) is 9.44. The maximum Gasteiger partial charge on any atom is 0.267 e. The fourth-order valence-electron chi connectivity index (χ4n) is 3.47. The molecule has 1 fully saturated rings. The van der Waals surface area contributed by atoms with Gasteiger partial charge in [0.1, 0.15) is 17.6 Å². The first-order valence-electron chi connectivity index (χ1n) is 10.2. The molecule has 172 valence electrons. The van der Waals surface area contributed by atoms with Crippen LogP contribution in [-0.2, 0) is 9.59 Å². The van der Waals surface area contributed by atoms with E-state index in [1.54, 1.807) is 62.6 Å². The number of hydrogen-bond donors (Lipinski definition) is 1. The molecule has 2 heterocycles. The summed E-state index contributed by atoms with van der Waals surface area (Å²) < 4.78 is 22.0. The molecule has 1 aliphatic heterocycles. The number of nitrogens with one attached hydrogen (secondary N) is 1. The smallest absolute Gasteiger partial charge is 0.267 e. The van der Waals surface area contributed by atoms with Gasteiger partial charge in [0.25, 0.3) is 5.91 Å². The van der Waals surface area contributed by atoms with Crippen LogP contribution in [0.1, 0.15) is 13.8 Å². The van der Waals surface area contributed by atoms with Crippen molar-refractivity contribution < 1.29 is 18.7 Å². The van der Waals surface area contributed by atoms with Gasteiger partial charge in [0.05, 0.1) is 17.9 Å². The van der Waals surface area contributed by atoms with Gasteiger partial charge in [0.15, 0.2) is 5.60 Å². The van der Waals surface area contributed by atoms with Gasteiger partial charge in [-0.2, -0.15) is 0 Å². The summed E-state index contributed by atoms with van der Waals surface area (Å²) in [5.74, 6) is 0.0911. The van der Waals surface area contributed by atoms with Crippen LogP contribution in [0.4, 0.5) is 10.1 Å². The highest BCUT2D eigenvalue weighted by Crippen LogP contribution is 2.29. The van der Waals surface area contributed by atoms with Gasteiger partial charge in [-0.1, -0.05) is 11.6 Å². The van der Waals surface area contributed by atoms with Gasteiger partial charge in [-0.15, -0.1) is 11.8 Å². The van der Waals surface area contributed by atoms with Crippen molar-refractivity contribution >= 4 is 40.9 Å². The summed E-state index contributed by atoms with van der Waals surface area (Å²) in [6, 6.07) is 10.4. The van der Waals surface area contributed by atoms with Gasteiger partial charge in [-0.25, -0.2) is 9.37 Å². The number of anilines is 1. The monoisotopic (exact) mass is 488 g/mol. The summed E-state index contributed by atoms with van der Waals surface area (Å²) in [6.45, 7) is 3.32. The van der Waals surface area contributed by atoms with Crippen molar-refractivity contribution in [1.82, 2.24) is 14.5 Å². The van der Waals surface area contributed by atoms with Crippen LogP contribution < -0.4 is 10.1 Å². The van der Waals surface area contributed by atoms with Gasteiger partial charge in [0.2, 0.25) is 5.91 Å². The van der Waals surface area contributed by atoms with Gasteiger partial charge >= 0.3 is 0 Å². The standard InChI is InChI=1S/C23H22ClFN4O3S/c1-23(2,32-17-6-3-15(24)4-7-17)22(31)29-14-33-12-20(29)21(30)27-16-5-8-19(18(25)11-16)28-10-9-26-13-28/h3-11,13,20H,12,14H2,1-2H3,(H,27,30)/t20-/m0/s1. The van der Waals surface area contributed by atoms with E-state index in [9.17, 15) is 14.0 Å². The van der Waals surface area contributed by atoms with E-state index in [0.717, 1.165) is 0 Å². The Bertz CT molecular complexity index is 1160. The van der Waals surface area contributed by atoms with E-state index in [2.05, 4.69) is 10.3 Å². The Kier molecular flexibility index (Phi) is 6.62. The second-order valence-corrected chi connectivity index (χ2v) is 9.42. The Morgan fingerprint density at radius 1 is 1.24 bits per heavy atom. The van der Waals surface area contributed by atoms with Crippen LogP contribution in [0, 0.1) is 5.82 Å². The first kappa shape index (κ1) is 23.1. The van der Waals surface area contributed by atoms with Crippen molar-refractivity contribution in [3.63, 3.8) is 0 Å². The van der Waals surface area contributed by atoms with Crippen LogP contribution in [0.2, 0.25) is 5.02 Å². The SMILES string of the molecule is CC(C)(Oc1ccc(Cl)cc1)C(=O)N1CSC[C@H]1C(=O)Nc1ccc(-n2ccnc2)c(F)c1. The van der Waals surface area contributed by atoms with Crippen LogP contribution >= 0.6 is 23.4 Å². The molecule has 1 saturated heterocycles. The van der Waals surface area contributed by atoms with Crippen molar-refractivity contribution in [2.45, 2.75) is 25.5 Å². The van der Waals surface area contributed by atoms with E-state index < -0.39 is 17.5 Å². The summed E-state index contributed by atoms with van der Waals surface area (Å²) in [6.07, 6.45) is 4.67. The molecule has 3 aromatic rings. The normalized spacial score (nSPS) is 16.0. The number of ether oxygens (including phenoxy) is 1. The quantitative estimate of drug-likeness (QED) is 0.558. The molecular formula is C23H22ClFN4O3S. The topological polar surface area (TPSA) is 76.5 Å². The minimum absolute atomic E-state index is 0.308. The Hall–Kier alpha value is -3.04. The number of carbonyl (C=O) groups is 2. The minimum atomic E-state index is -1.20. The zero-order chi connectivity index (χ0) is 23.6. The van der Waals surface area contributed by atoms with Crippen LogP contribution in [0.25, 0.3) is 5.69 Å². The zero-order valence-electron chi connectivity index (χ0n) is 18.0. The van der Waals surface area contributed by atoms with E-state index >= 15 is 0 Å². The molecule has 1 aromatic heterocycles. The van der Waals surface area contributed by atoms with Crippen LogP contribution in [0.5, 0.6) is 5.75 Å². The number of carbonyl (C=O) groups excluding carboxylic acids is 2. The number of rotatable bonds is 6. The first-order chi connectivity index (χ1) is 15.7. The van der Waals surface area contributed by atoms with E-state index in [1.165, 1.54) is 33.6 Å². The molecule has 1 aliphatic rings. The fraction of sp³-hybridized carbons (Fsp3) is 0.261. The number of hydrogen-bond acceptors (Lipinski definition) is 5. The highest BCUT2D eigenvalue weighted by atomic mass is 35.5. The third kappa shape index (κ3) is 5.15. The predicted octanol–water partition coefficient (Wildman–Crippen LogP) is 4.36. The van der Waals surface area contributed by atoms with Gasteiger partial charge in [-0.3, -0.25) is 9.59 Å². The number of aromatic nitrogens is 2. The maximum atomic E-state index is 14.5. The Labute approximate surface area is 199 Å². The first-order valence-corrected chi connectivity index (χ1v) is 11.7. The number of benzene rings is 2. The summed E-state index contributed by atoms with van der Waals surface area (Å²) in [5.41, 5.74) is -0.572. The number of thioether (sulfide) groups is 1. The van der Waals surface area contributed by atoms with E-state index in [1.807, 2.05) is 0 Å². The zero-order valence-corrected chi connectivity index (χ0v) is 19.6. The third-order valence-electron chi connectivity index (χ3n) is 5.15. The molecule has 0 aliphatic carbocycles. The van der Waals surface area contributed by atoms with E-state index in [4.69, 9.17) is 16.3 Å². The third-order valence-corrected chi connectivity index (χ3v) is 6.41. The predicted molar refractivity (Wildman–Crippen MR) is 126 cm³/mol. The Morgan fingerprint density at radius 2 is 2.00 bits per heavy atom. The Balaban J connectivity index is 1.45.